The first-order valence-electron chi connectivity index (χ1n) is 7.97. The second kappa shape index (κ2) is 10.0. The molecule has 1 saturated heterocycles. The lowest BCUT2D eigenvalue weighted by molar-refractivity contribution is 0.173. The van der Waals surface area contributed by atoms with Crippen LogP contribution in [-0.2, 0) is 6.54 Å². The van der Waals surface area contributed by atoms with Crippen LogP contribution in [0.25, 0.3) is 0 Å². The molecule has 4 heteroatoms. The molecule has 1 fully saturated rings. The Labute approximate surface area is 135 Å². The number of nitrogens with one attached hydrogen (secondary N) is 1. The number of rotatable bonds is 7. The molecule has 1 N–H and O–H groups in total. The van der Waals surface area contributed by atoms with Gasteiger partial charge in [0.05, 0.1) is 6.61 Å². The maximum absolute atomic E-state index is 5.72. The van der Waals surface area contributed by atoms with E-state index in [0.29, 0.717) is 0 Å². The standard InChI is InChI=1S/C17H28N2O.ClH/c1-3-18-13-15-9-11-19(12-10-15)14-16-7-5-6-8-17(16)20-4-2;/h5-8,15,18H,3-4,9-14H2,1-2H3;1H. The molecule has 120 valence electrons. The molecule has 0 aliphatic carbocycles. The minimum Gasteiger partial charge on any atom is -0.494 e. The van der Waals surface area contributed by atoms with E-state index in [9.17, 15) is 0 Å². The molecule has 0 bridgehead atoms. The summed E-state index contributed by atoms with van der Waals surface area (Å²) < 4.78 is 5.72. The van der Waals surface area contributed by atoms with Gasteiger partial charge in [-0.3, -0.25) is 4.90 Å². The van der Waals surface area contributed by atoms with Crippen molar-refractivity contribution in [2.45, 2.75) is 33.2 Å². The van der Waals surface area contributed by atoms with Crippen molar-refractivity contribution in [3.05, 3.63) is 29.8 Å². The van der Waals surface area contributed by atoms with Crippen LogP contribution >= 0.6 is 12.4 Å². The van der Waals surface area contributed by atoms with Crippen molar-refractivity contribution in [3.8, 4) is 5.75 Å². The van der Waals surface area contributed by atoms with Crippen LogP contribution in [0.15, 0.2) is 24.3 Å². The van der Waals surface area contributed by atoms with Crippen LogP contribution in [0.1, 0.15) is 32.3 Å². The van der Waals surface area contributed by atoms with Crippen molar-refractivity contribution >= 4 is 12.4 Å². The first-order valence-corrected chi connectivity index (χ1v) is 7.97. The van der Waals surface area contributed by atoms with Gasteiger partial charge in [-0.15, -0.1) is 12.4 Å². The lowest BCUT2D eigenvalue weighted by Crippen LogP contribution is -2.36. The zero-order valence-corrected chi connectivity index (χ0v) is 14.1. The number of halogens is 1. The minimum atomic E-state index is 0. The molecule has 3 nitrogen and oxygen atoms in total. The first-order chi connectivity index (χ1) is 9.83. The SMILES string of the molecule is CCNCC1CCN(Cc2ccccc2OCC)CC1.Cl. The quantitative estimate of drug-likeness (QED) is 0.836. The Kier molecular flexibility index (Phi) is 8.74. The molecule has 1 heterocycles. The summed E-state index contributed by atoms with van der Waals surface area (Å²) in [7, 11) is 0. The molecule has 0 radical (unpaired) electrons. The number of hydrogen-bond donors (Lipinski definition) is 1. The summed E-state index contributed by atoms with van der Waals surface area (Å²) in [4.78, 5) is 2.56. The molecule has 0 spiro atoms. The van der Waals surface area contributed by atoms with E-state index in [0.717, 1.165) is 31.4 Å². The van der Waals surface area contributed by atoms with E-state index >= 15 is 0 Å². The van der Waals surface area contributed by atoms with Crippen molar-refractivity contribution in [1.29, 1.82) is 0 Å². The van der Waals surface area contributed by atoms with E-state index in [1.54, 1.807) is 0 Å². The van der Waals surface area contributed by atoms with Crippen molar-refractivity contribution in [2.75, 3.05) is 32.8 Å². The van der Waals surface area contributed by atoms with Crippen molar-refractivity contribution in [3.63, 3.8) is 0 Å². The molecule has 0 aromatic heterocycles. The zero-order chi connectivity index (χ0) is 14.2. The third-order valence-electron chi connectivity index (χ3n) is 4.06. The van der Waals surface area contributed by atoms with Gasteiger partial charge in [0, 0.05) is 12.1 Å². The molecule has 1 aromatic rings. The van der Waals surface area contributed by atoms with Crippen LogP contribution in [0.2, 0.25) is 0 Å². The lowest BCUT2D eigenvalue weighted by atomic mass is 9.96. The summed E-state index contributed by atoms with van der Waals surface area (Å²) in [5.74, 6) is 1.90. The smallest absolute Gasteiger partial charge is 0.123 e. The highest BCUT2D eigenvalue weighted by Crippen LogP contribution is 2.23. The summed E-state index contributed by atoms with van der Waals surface area (Å²) >= 11 is 0. The molecule has 0 saturated carbocycles. The van der Waals surface area contributed by atoms with Crippen LogP contribution in [0.5, 0.6) is 5.75 Å². The summed E-state index contributed by atoms with van der Waals surface area (Å²) in [5, 5.41) is 3.47. The second-order valence-corrected chi connectivity index (χ2v) is 5.57. The molecule has 0 unspecified atom stereocenters. The third-order valence-corrected chi connectivity index (χ3v) is 4.06. The highest BCUT2D eigenvalue weighted by Gasteiger charge is 2.19. The van der Waals surface area contributed by atoms with Gasteiger partial charge in [0.2, 0.25) is 0 Å². The highest BCUT2D eigenvalue weighted by atomic mass is 35.5. The fourth-order valence-electron chi connectivity index (χ4n) is 2.87. The molecule has 1 aliphatic heterocycles. The lowest BCUT2D eigenvalue weighted by Gasteiger charge is -2.32. The molecule has 0 atom stereocenters. The monoisotopic (exact) mass is 312 g/mol. The predicted octanol–water partition coefficient (Wildman–Crippen LogP) is 3.33. The Balaban J connectivity index is 0.00000220. The molecule has 1 aliphatic rings. The Morgan fingerprint density at radius 2 is 1.90 bits per heavy atom. The normalized spacial score (nSPS) is 16.5. The molecule has 1 aromatic carbocycles. The highest BCUT2D eigenvalue weighted by molar-refractivity contribution is 5.85. The Bertz CT molecular complexity index is 392. The number of likely N-dealkylation sites (tertiary alicyclic amines) is 1. The fourth-order valence-corrected chi connectivity index (χ4v) is 2.87. The Hall–Kier alpha value is -0.770. The van der Waals surface area contributed by atoms with E-state index in [1.165, 1.54) is 38.0 Å². The van der Waals surface area contributed by atoms with Crippen LogP contribution in [-0.4, -0.2) is 37.7 Å². The maximum Gasteiger partial charge on any atom is 0.123 e. The molecule has 2 rings (SSSR count). The van der Waals surface area contributed by atoms with Gasteiger partial charge in [0.15, 0.2) is 0 Å². The van der Waals surface area contributed by atoms with Gasteiger partial charge < -0.3 is 10.1 Å². The second-order valence-electron chi connectivity index (χ2n) is 5.57. The van der Waals surface area contributed by atoms with Gasteiger partial charge in [-0.1, -0.05) is 25.1 Å². The number of nitrogens with zero attached hydrogens (tertiary/aromatic N) is 1. The zero-order valence-electron chi connectivity index (χ0n) is 13.3. The van der Waals surface area contributed by atoms with Gasteiger partial charge in [0.25, 0.3) is 0 Å². The van der Waals surface area contributed by atoms with Gasteiger partial charge >= 0.3 is 0 Å². The molecular weight excluding hydrogens is 284 g/mol. The number of hydrogen-bond acceptors (Lipinski definition) is 3. The van der Waals surface area contributed by atoms with Gasteiger partial charge in [0.1, 0.15) is 5.75 Å². The van der Waals surface area contributed by atoms with E-state index in [4.69, 9.17) is 4.74 Å². The van der Waals surface area contributed by atoms with Gasteiger partial charge in [-0.25, -0.2) is 0 Å². The van der Waals surface area contributed by atoms with Crippen LogP contribution in [0, 0.1) is 5.92 Å². The van der Waals surface area contributed by atoms with E-state index in [-0.39, 0.29) is 12.4 Å². The third kappa shape index (κ3) is 5.85. The minimum absolute atomic E-state index is 0. The summed E-state index contributed by atoms with van der Waals surface area (Å²) in [6.07, 6.45) is 2.62. The summed E-state index contributed by atoms with van der Waals surface area (Å²) in [6, 6.07) is 8.43. The largest absolute Gasteiger partial charge is 0.494 e. The molecular formula is C17H29ClN2O. The summed E-state index contributed by atoms with van der Waals surface area (Å²) in [6.45, 7) is 10.7. The summed E-state index contributed by atoms with van der Waals surface area (Å²) in [5.41, 5.74) is 1.32. The molecule has 21 heavy (non-hydrogen) atoms. The number of ether oxygens (including phenoxy) is 1. The van der Waals surface area contributed by atoms with Crippen LogP contribution < -0.4 is 10.1 Å². The number of benzene rings is 1. The van der Waals surface area contributed by atoms with E-state index in [1.807, 2.05) is 6.92 Å². The maximum atomic E-state index is 5.72. The molecule has 0 amide bonds. The fraction of sp³-hybridized carbons (Fsp3) is 0.647. The van der Waals surface area contributed by atoms with Crippen molar-refractivity contribution in [2.24, 2.45) is 5.92 Å². The number of para-hydroxylation sites is 1. The predicted molar refractivity (Wildman–Crippen MR) is 91.4 cm³/mol. The van der Waals surface area contributed by atoms with Crippen LogP contribution in [0.4, 0.5) is 0 Å². The topological polar surface area (TPSA) is 24.5 Å². The Morgan fingerprint density at radius 1 is 1.19 bits per heavy atom. The Morgan fingerprint density at radius 3 is 2.57 bits per heavy atom. The average molecular weight is 313 g/mol. The first kappa shape index (κ1) is 18.3. The van der Waals surface area contributed by atoms with Crippen LogP contribution in [0.3, 0.4) is 0 Å². The van der Waals surface area contributed by atoms with Gasteiger partial charge in [-0.05, 0) is 57.9 Å². The van der Waals surface area contributed by atoms with Crippen molar-refractivity contribution < 1.29 is 4.74 Å². The average Bonchev–Trinajstić information content (AvgIpc) is 2.49. The van der Waals surface area contributed by atoms with Crippen molar-refractivity contribution in [1.82, 2.24) is 10.2 Å². The van der Waals surface area contributed by atoms with E-state index in [2.05, 4.69) is 41.4 Å². The number of piperidine rings is 1. The van der Waals surface area contributed by atoms with Gasteiger partial charge in [-0.2, -0.15) is 0 Å². The van der Waals surface area contributed by atoms with E-state index < -0.39 is 0 Å².